The summed E-state index contributed by atoms with van der Waals surface area (Å²) >= 11 is 0. The molecular formula is C31H31NO. The van der Waals surface area contributed by atoms with Crippen LogP contribution in [-0.2, 0) is 12.0 Å². The average Bonchev–Trinajstić information content (AvgIpc) is 2.89. The molecule has 0 bridgehead atoms. The Morgan fingerprint density at radius 2 is 1.06 bits per heavy atom. The number of nitrogens with one attached hydrogen (secondary N) is 1. The maximum absolute atomic E-state index is 9.36. The van der Waals surface area contributed by atoms with Crippen LogP contribution in [0.25, 0.3) is 0 Å². The molecule has 0 heterocycles. The Hall–Kier alpha value is -3.46. The Kier molecular flexibility index (Phi) is 7.86. The first-order chi connectivity index (χ1) is 16.3. The Morgan fingerprint density at radius 3 is 1.48 bits per heavy atom. The fraction of sp³-hybridized carbons (Fsp3) is 0.161. The normalized spacial score (nSPS) is 12.6. The van der Waals surface area contributed by atoms with Gasteiger partial charge < -0.3 is 5.11 Å². The fourth-order valence-corrected chi connectivity index (χ4v) is 4.46. The van der Waals surface area contributed by atoms with E-state index >= 15 is 0 Å². The van der Waals surface area contributed by atoms with Gasteiger partial charge in [0.1, 0.15) is 0 Å². The molecule has 2 heteroatoms. The number of benzene rings is 4. The van der Waals surface area contributed by atoms with Crippen LogP contribution in [0.5, 0.6) is 0 Å². The van der Waals surface area contributed by atoms with E-state index in [-0.39, 0.29) is 12.6 Å². The van der Waals surface area contributed by atoms with E-state index < -0.39 is 5.54 Å². The Bertz CT molecular complexity index is 1010. The van der Waals surface area contributed by atoms with Gasteiger partial charge in [-0.05, 0) is 35.1 Å². The predicted octanol–water partition coefficient (Wildman–Crippen LogP) is 6.12. The molecule has 0 aromatic heterocycles. The summed E-state index contributed by atoms with van der Waals surface area (Å²) in [5.41, 5.74) is 4.31. The van der Waals surface area contributed by atoms with Gasteiger partial charge in [0.05, 0.1) is 5.54 Å². The number of aliphatic hydroxyl groups is 1. The summed E-state index contributed by atoms with van der Waals surface area (Å²) in [5, 5.41) is 13.4. The number of aliphatic hydroxyl groups excluding tert-OH is 1. The molecule has 1 atom stereocenters. The minimum atomic E-state index is -0.535. The summed E-state index contributed by atoms with van der Waals surface area (Å²) in [6, 6.07) is 42.6. The molecule has 4 aromatic carbocycles. The second-order valence-corrected chi connectivity index (χ2v) is 8.23. The molecule has 166 valence electrons. The van der Waals surface area contributed by atoms with Gasteiger partial charge in [-0.3, -0.25) is 5.32 Å². The first-order valence-electron chi connectivity index (χ1n) is 11.6. The van der Waals surface area contributed by atoms with Crippen molar-refractivity contribution < 1.29 is 5.11 Å². The molecule has 0 saturated heterocycles. The Labute approximate surface area is 197 Å². The van der Waals surface area contributed by atoms with E-state index in [0.717, 1.165) is 6.42 Å². The molecule has 2 nitrogen and oxygen atoms in total. The highest BCUT2D eigenvalue weighted by atomic mass is 16.2. The second-order valence-electron chi connectivity index (χ2n) is 8.23. The monoisotopic (exact) mass is 433 g/mol. The number of hydrogen-bond acceptors (Lipinski definition) is 2. The molecule has 4 aromatic rings. The predicted molar refractivity (Wildman–Crippen MR) is 137 cm³/mol. The molecule has 1 unspecified atom stereocenters. The van der Waals surface area contributed by atoms with Crippen LogP contribution in [-0.4, -0.2) is 17.8 Å². The minimum absolute atomic E-state index is 0.0552. The van der Waals surface area contributed by atoms with Crippen LogP contribution in [0.3, 0.4) is 0 Å². The van der Waals surface area contributed by atoms with Gasteiger partial charge >= 0.3 is 0 Å². The molecular weight excluding hydrogens is 402 g/mol. The van der Waals surface area contributed by atoms with Crippen molar-refractivity contribution in [3.05, 3.63) is 156 Å². The van der Waals surface area contributed by atoms with Crippen LogP contribution in [0.4, 0.5) is 0 Å². The van der Waals surface area contributed by atoms with Crippen LogP contribution in [0.15, 0.2) is 133 Å². The molecule has 0 aliphatic heterocycles. The standard InChI is InChI=1S/C31H31NO/c33-24-14-13-23-30(25-26-15-5-1-6-16-26)32-31(27-17-7-2-8-18-27,28-19-9-3-10-20-28)29-21-11-4-12-22-29/h1-13,15-23,30,32-33H,14,24-25H2/b23-13-. The van der Waals surface area contributed by atoms with Crippen LogP contribution in [0.2, 0.25) is 0 Å². The van der Waals surface area contributed by atoms with E-state index in [4.69, 9.17) is 0 Å². The summed E-state index contributed by atoms with van der Waals surface area (Å²) in [6.07, 6.45) is 5.76. The lowest BCUT2D eigenvalue weighted by Gasteiger charge is -2.40. The van der Waals surface area contributed by atoms with E-state index in [2.05, 4.69) is 139 Å². The molecule has 0 saturated carbocycles. The van der Waals surface area contributed by atoms with Crippen molar-refractivity contribution in [1.82, 2.24) is 5.32 Å². The summed E-state index contributed by atoms with van der Waals surface area (Å²) in [4.78, 5) is 0. The van der Waals surface area contributed by atoms with Crippen LogP contribution in [0, 0.1) is 0 Å². The zero-order chi connectivity index (χ0) is 22.8. The van der Waals surface area contributed by atoms with Crippen molar-refractivity contribution in [2.24, 2.45) is 0 Å². The van der Waals surface area contributed by atoms with Gasteiger partial charge in [-0.1, -0.05) is 133 Å². The molecule has 0 fully saturated rings. The molecule has 0 aliphatic rings. The highest BCUT2D eigenvalue weighted by Crippen LogP contribution is 2.37. The van der Waals surface area contributed by atoms with Crippen molar-refractivity contribution >= 4 is 0 Å². The number of rotatable bonds is 10. The third kappa shape index (κ3) is 5.48. The molecule has 0 amide bonds. The van der Waals surface area contributed by atoms with E-state index in [1.807, 2.05) is 0 Å². The SMILES string of the molecule is OCC/C=C\C(Cc1ccccc1)NC(c1ccccc1)(c1ccccc1)c1ccccc1. The first-order valence-corrected chi connectivity index (χ1v) is 11.6. The summed E-state index contributed by atoms with van der Waals surface area (Å²) in [5.74, 6) is 0. The number of hydrogen-bond donors (Lipinski definition) is 2. The maximum atomic E-state index is 9.36. The zero-order valence-electron chi connectivity index (χ0n) is 18.8. The van der Waals surface area contributed by atoms with Gasteiger partial charge in [0.25, 0.3) is 0 Å². The van der Waals surface area contributed by atoms with Gasteiger partial charge in [-0.2, -0.15) is 0 Å². The van der Waals surface area contributed by atoms with Crippen molar-refractivity contribution in [3.63, 3.8) is 0 Å². The van der Waals surface area contributed by atoms with Crippen molar-refractivity contribution in [3.8, 4) is 0 Å². The van der Waals surface area contributed by atoms with Crippen molar-refractivity contribution in [1.29, 1.82) is 0 Å². The Morgan fingerprint density at radius 1 is 0.636 bits per heavy atom. The van der Waals surface area contributed by atoms with E-state index in [1.165, 1.54) is 22.3 Å². The van der Waals surface area contributed by atoms with Gasteiger partial charge in [0.2, 0.25) is 0 Å². The van der Waals surface area contributed by atoms with Crippen LogP contribution >= 0.6 is 0 Å². The molecule has 0 radical (unpaired) electrons. The Balaban J connectivity index is 1.87. The van der Waals surface area contributed by atoms with Crippen LogP contribution < -0.4 is 5.32 Å². The maximum Gasteiger partial charge on any atom is 0.0952 e. The van der Waals surface area contributed by atoms with Crippen molar-refractivity contribution in [2.45, 2.75) is 24.4 Å². The highest BCUT2D eigenvalue weighted by molar-refractivity contribution is 5.50. The summed E-state index contributed by atoms with van der Waals surface area (Å²) in [7, 11) is 0. The molecule has 0 aliphatic carbocycles. The van der Waals surface area contributed by atoms with Gasteiger partial charge in [0.15, 0.2) is 0 Å². The molecule has 4 rings (SSSR count). The average molecular weight is 434 g/mol. The van der Waals surface area contributed by atoms with Gasteiger partial charge in [0, 0.05) is 12.6 Å². The quantitative estimate of drug-likeness (QED) is 0.233. The smallest absolute Gasteiger partial charge is 0.0952 e. The molecule has 33 heavy (non-hydrogen) atoms. The van der Waals surface area contributed by atoms with Crippen LogP contribution in [0.1, 0.15) is 28.7 Å². The third-order valence-corrected chi connectivity index (χ3v) is 5.98. The third-order valence-electron chi connectivity index (χ3n) is 5.98. The molecule has 0 spiro atoms. The molecule has 2 N–H and O–H groups in total. The highest BCUT2D eigenvalue weighted by Gasteiger charge is 2.37. The zero-order valence-corrected chi connectivity index (χ0v) is 18.8. The summed E-state index contributed by atoms with van der Waals surface area (Å²) < 4.78 is 0. The summed E-state index contributed by atoms with van der Waals surface area (Å²) in [6.45, 7) is 0.149. The topological polar surface area (TPSA) is 32.3 Å². The van der Waals surface area contributed by atoms with E-state index in [1.54, 1.807) is 0 Å². The van der Waals surface area contributed by atoms with Crippen molar-refractivity contribution in [2.75, 3.05) is 6.61 Å². The lowest BCUT2D eigenvalue weighted by Crippen LogP contribution is -2.50. The van der Waals surface area contributed by atoms with E-state index in [0.29, 0.717) is 6.42 Å². The van der Waals surface area contributed by atoms with Gasteiger partial charge in [-0.25, -0.2) is 0 Å². The lowest BCUT2D eigenvalue weighted by molar-refractivity contribution is 0.302. The van der Waals surface area contributed by atoms with Gasteiger partial charge in [-0.15, -0.1) is 0 Å². The fourth-order valence-electron chi connectivity index (χ4n) is 4.46. The lowest BCUT2D eigenvalue weighted by atomic mass is 9.76. The second kappa shape index (κ2) is 11.4. The largest absolute Gasteiger partial charge is 0.396 e. The minimum Gasteiger partial charge on any atom is -0.396 e. The van der Waals surface area contributed by atoms with E-state index in [9.17, 15) is 5.11 Å². The first kappa shape index (κ1) is 22.7.